The number of ketones is 1. The van der Waals surface area contributed by atoms with Crippen LogP contribution in [0.5, 0.6) is 28.7 Å². The first kappa shape index (κ1) is 26.6. The lowest BCUT2D eigenvalue weighted by atomic mass is 10.0. The van der Waals surface area contributed by atoms with Crippen LogP contribution in [0.15, 0.2) is 54.6 Å². The second kappa shape index (κ2) is 12.6. The molecule has 0 bridgehead atoms. The number of carbonyl (C=O) groups excluding carboxylic acids is 2. The van der Waals surface area contributed by atoms with Crippen molar-refractivity contribution >= 4 is 11.8 Å². The fourth-order valence-corrected chi connectivity index (χ4v) is 3.75. The largest absolute Gasteiger partial charge is 0.545 e. The second-order valence-electron chi connectivity index (χ2n) is 8.37. The second-order valence-corrected chi connectivity index (χ2v) is 8.37. The van der Waals surface area contributed by atoms with Crippen molar-refractivity contribution in [2.45, 2.75) is 46.5 Å². The van der Waals surface area contributed by atoms with E-state index in [1.54, 1.807) is 18.2 Å². The van der Waals surface area contributed by atoms with E-state index in [0.29, 0.717) is 48.9 Å². The number of benzene rings is 3. The molecule has 3 aromatic rings. The van der Waals surface area contributed by atoms with Gasteiger partial charge in [-0.25, -0.2) is 0 Å². The molecule has 3 rings (SSSR count). The van der Waals surface area contributed by atoms with Gasteiger partial charge in [-0.15, -0.1) is 0 Å². The molecule has 3 aromatic carbocycles. The molecule has 0 saturated heterocycles. The Morgan fingerprint density at radius 2 is 1.53 bits per heavy atom. The molecule has 0 aliphatic carbocycles. The minimum absolute atomic E-state index is 0.0766. The predicted octanol–water partition coefficient (Wildman–Crippen LogP) is 5.11. The molecule has 0 atom stereocenters. The summed E-state index contributed by atoms with van der Waals surface area (Å²) < 4.78 is 17.7. The van der Waals surface area contributed by atoms with Gasteiger partial charge in [0.25, 0.3) is 0 Å². The van der Waals surface area contributed by atoms with Crippen molar-refractivity contribution in [3.8, 4) is 28.7 Å². The fourth-order valence-electron chi connectivity index (χ4n) is 3.75. The third-order valence-electron chi connectivity index (χ3n) is 5.62. The van der Waals surface area contributed by atoms with Gasteiger partial charge in [0.15, 0.2) is 5.78 Å². The highest BCUT2D eigenvalue weighted by Gasteiger charge is 2.13. The van der Waals surface area contributed by atoms with Crippen LogP contribution in [0.3, 0.4) is 0 Å². The summed E-state index contributed by atoms with van der Waals surface area (Å²) in [4.78, 5) is 22.6. The molecule has 7 heteroatoms. The van der Waals surface area contributed by atoms with Gasteiger partial charge in [0, 0.05) is 12.5 Å². The molecule has 0 unspecified atom stereocenters. The SMILES string of the molecule is CCCc1cc(Oc2ccc(C(=O)[O-])cc2)ccc1OCCCOc1cc(O)c(C(C)=O)cc1CC. The molecule has 36 heavy (non-hydrogen) atoms. The Balaban J connectivity index is 1.57. The number of rotatable bonds is 13. The molecule has 1 N–H and O–H groups in total. The topological polar surface area (TPSA) is 105 Å². The summed E-state index contributed by atoms with van der Waals surface area (Å²) >= 11 is 0. The fraction of sp³-hybridized carbons (Fsp3) is 0.310. The van der Waals surface area contributed by atoms with Gasteiger partial charge in [0.1, 0.15) is 28.7 Å². The summed E-state index contributed by atoms with van der Waals surface area (Å²) in [7, 11) is 0. The molecule has 0 fully saturated rings. The first-order chi connectivity index (χ1) is 17.3. The molecule has 0 aliphatic rings. The van der Waals surface area contributed by atoms with Crippen molar-refractivity contribution in [2.75, 3.05) is 13.2 Å². The molecular formula is C29H31O7-. The molecule has 0 aliphatic heterocycles. The van der Waals surface area contributed by atoms with Crippen LogP contribution in [-0.4, -0.2) is 30.1 Å². The number of hydrogen-bond donors (Lipinski definition) is 1. The Hall–Kier alpha value is -4.00. The number of Topliss-reactive ketones (excluding diaryl/α,β-unsaturated/α-hetero) is 1. The lowest BCUT2D eigenvalue weighted by molar-refractivity contribution is -0.255. The van der Waals surface area contributed by atoms with Gasteiger partial charge in [-0.3, -0.25) is 4.79 Å². The van der Waals surface area contributed by atoms with Crippen LogP contribution in [-0.2, 0) is 12.8 Å². The van der Waals surface area contributed by atoms with Crippen molar-refractivity contribution in [3.63, 3.8) is 0 Å². The van der Waals surface area contributed by atoms with E-state index in [9.17, 15) is 19.8 Å². The summed E-state index contributed by atoms with van der Waals surface area (Å²) in [6.45, 7) is 6.33. The van der Waals surface area contributed by atoms with Gasteiger partial charge in [-0.1, -0.05) is 20.3 Å². The number of ether oxygens (including phenoxy) is 3. The number of aromatic hydroxyl groups is 1. The zero-order valence-corrected chi connectivity index (χ0v) is 20.8. The highest BCUT2D eigenvalue weighted by atomic mass is 16.5. The average molecular weight is 492 g/mol. The summed E-state index contributed by atoms with van der Waals surface area (Å²) in [6.07, 6.45) is 3.06. The highest BCUT2D eigenvalue weighted by molar-refractivity contribution is 5.97. The summed E-state index contributed by atoms with van der Waals surface area (Å²) in [5.74, 6) is 1.02. The first-order valence-corrected chi connectivity index (χ1v) is 12.1. The van der Waals surface area contributed by atoms with E-state index in [1.807, 2.05) is 25.1 Å². The average Bonchev–Trinajstić information content (AvgIpc) is 2.85. The zero-order chi connectivity index (χ0) is 26.1. The smallest absolute Gasteiger partial charge is 0.163 e. The number of carboxylic acid groups (broad SMARTS) is 1. The van der Waals surface area contributed by atoms with E-state index in [-0.39, 0.29) is 17.1 Å². The number of carboxylic acids is 1. The summed E-state index contributed by atoms with van der Waals surface area (Å²) in [5, 5.41) is 21.0. The van der Waals surface area contributed by atoms with Gasteiger partial charge < -0.3 is 29.2 Å². The van der Waals surface area contributed by atoms with Gasteiger partial charge in [0.05, 0.1) is 24.7 Å². The van der Waals surface area contributed by atoms with E-state index in [0.717, 1.165) is 29.7 Å². The Kier molecular flexibility index (Phi) is 9.33. The molecule has 7 nitrogen and oxygen atoms in total. The molecule has 0 heterocycles. The third kappa shape index (κ3) is 7.01. The lowest BCUT2D eigenvalue weighted by Gasteiger charge is -2.15. The van der Waals surface area contributed by atoms with E-state index in [2.05, 4.69) is 6.92 Å². The van der Waals surface area contributed by atoms with Crippen LogP contribution in [0.2, 0.25) is 0 Å². The maximum atomic E-state index is 11.7. The summed E-state index contributed by atoms with van der Waals surface area (Å²) in [5.41, 5.74) is 2.28. The van der Waals surface area contributed by atoms with E-state index in [1.165, 1.54) is 25.1 Å². The van der Waals surface area contributed by atoms with Gasteiger partial charge >= 0.3 is 0 Å². The Bertz CT molecular complexity index is 1200. The van der Waals surface area contributed by atoms with Crippen molar-refractivity contribution in [2.24, 2.45) is 0 Å². The minimum atomic E-state index is -1.23. The number of aromatic carboxylic acids is 1. The van der Waals surface area contributed by atoms with E-state index in [4.69, 9.17) is 14.2 Å². The van der Waals surface area contributed by atoms with Crippen LogP contribution < -0.4 is 19.3 Å². The van der Waals surface area contributed by atoms with Gasteiger partial charge in [-0.2, -0.15) is 0 Å². The first-order valence-electron chi connectivity index (χ1n) is 12.1. The number of aryl methyl sites for hydroxylation is 2. The van der Waals surface area contributed by atoms with Crippen LogP contribution in [0.4, 0.5) is 0 Å². The van der Waals surface area contributed by atoms with E-state index >= 15 is 0 Å². The maximum Gasteiger partial charge on any atom is 0.163 e. The minimum Gasteiger partial charge on any atom is -0.545 e. The molecule has 0 amide bonds. The monoisotopic (exact) mass is 491 g/mol. The molecular weight excluding hydrogens is 460 g/mol. The van der Waals surface area contributed by atoms with Crippen LogP contribution in [0.1, 0.15) is 65.5 Å². The van der Waals surface area contributed by atoms with Crippen molar-refractivity contribution < 1.29 is 34.0 Å². The summed E-state index contributed by atoms with van der Waals surface area (Å²) in [6, 6.07) is 14.9. The number of hydrogen-bond acceptors (Lipinski definition) is 7. The van der Waals surface area contributed by atoms with Crippen molar-refractivity contribution in [1.82, 2.24) is 0 Å². The molecule has 0 saturated carbocycles. The number of phenols is 1. The Morgan fingerprint density at radius 1 is 0.861 bits per heavy atom. The van der Waals surface area contributed by atoms with Crippen LogP contribution >= 0.6 is 0 Å². The molecule has 0 radical (unpaired) electrons. The van der Waals surface area contributed by atoms with Gasteiger partial charge in [-0.05, 0) is 85.0 Å². The maximum absolute atomic E-state index is 11.7. The quantitative estimate of drug-likeness (QED) is 0.262. The van der Waals surface area contributed by atoms with Crippen molar-refractivity contribution in [3.05, 3.63) is 76.9 Å². The Labute approximate surface area is 211 Å². The molecule has 0 aromatic heterocycles. The number of phenolic OH excluding ortho intramolecular Hbond substituents is 1. The van der Waals surface area contributed by atoms with E-state index < -0.39 is 5.97 Å². The van der Waals surface area contributed by atoms with Crippen LogP contribution in [0.25, 0.3) is 0 Å². The lowest BCUT2D eigenvalue weighted by Crippen LogP contribution is -2.21. The van der Waals surface area contributed by atoms with Crippen LogP contribution in [0, 0.1) is 0 Å². The predicted molar refractivity (Wildman–Crippen MR) is 134 cm³/mol. The molecule has 0 spiro atoms. The molecule has 190 valence electrons. The Morgan fingerprint density at radius 3 is 2.14 bits per heavy atom. The highest BCUT2D eigenvalue weighted by Crippen LogP contribution is 2.31. The normalized spacial score (nSPS) is 10.6. The number of carbonyl (C=O) groups is 2. The standard InChI is InChI=1S/C29H32O7/c1-4-7-22-16-24(36-23-10-8-21(9-11-23)29(32)33)12-13-27(22)34-14-6-15-35-28-18-26(31)25(19(3)30)17-20(28)5-2/h8-13,16-18,31H,4-7,14-15H2,1-3H3,(H,32,33)/p-1. The van der Waals surface area contributed by atoms with Crippen molar-refractivity contribution in [1.29, 1.82) is 0 Å². The van der Waals surface area contributed by atoms with Gasteiger partial charge in [0.2, 0.25) is 0 Å². The third-order valence-corrected chi connectivity index (χ3v) is 5.62. The zero-order valence-electron chi connectivity index (χ0n) is 20.8.